The minimum absolute atomic E-state index is 0.0384. The first-order chi connectivity index (χ1) is 8.63. The third kappa shape index (κ3) is 5.27. The fourth-order valence-electron chi connectivity index (χ4n) is 1.83. The number of hydrogen-bond donors (Lipinski definition) is 2. The first kappa shape index (κ1) is 14.6. The second kappa shape index (κ2) is 7.82. The van der Waals surface area contributed by atoms with Gasteiger partial charge < -0.3 is 11.1 Å². The van der Waals surface area contributed by atoms with Crippen LogP contribution >= 0.6 is 0 Å². The zero-order chi connectivity index (χ0) is 13.4. The standard InChI is InChI=1S/C14H23N3O/c1-11(8-9-15)6-7-14(18)17-12(2)13-5-3-4-10-16-13/h3-5,10-12H,6-9,15H2,1-2H3,(H,17,18)/t11?,12-/m0/s1. The van der Waals surface area contributed by atoms with E-state index in [4.69, 9.17) is 5.73 Å². The smallest absolute Gasteiger partial charge is 0.220 e. The molecule has 1 amide bonds. The number of rotatable bonds is 7. The van der Waals surface area contributed by atoms with Crippen LogP contribution in [0.2, 0.25) is 0 Å². The number of nitrogens with two attached hydrogens (primary N) is 1. The Morgan fingerprint density at radius 3 is 2.78 bits per heavy atom. The van der Waals surface area contributed by atoms with Crippen molar-refractivity contribution in [3.63, 3.8) is 0 Å². The van der Waals surface area contributed by atoms with E-state index >= 15 is 0 Å². The number of carbonyl (C=O) groups is 1. The van der Waals surface area contributed by atoms with Gasteiger partial charge in [0.1, 0.15) is 0 Å². The molecule has 0 aromatic carbocycles. The first-order valence-electron chi connectivity index (χ1n) is 6.53. The molecule has 3 N–H and O–H groups in total. The molecular weight excluding hydrogens is 226 g/mol. The van der Waals surface area contributed by atoms with Crippen LogP contribution in [0.15, 0.2) is 24.4 Å². The van der Waals surface area contributed by atoms with Crippen LogP contribution in [-0.2, 0) is 4.79 Å². The molecule has 0 fully saturated rings. The zero-order valence-electron chi connectivity index (χ0n) is 11.2. The highest BCUT2D eigenvalue weighted by molar-refractivity contribution is 5.76. The van der Waals surface area contributed by atoms with E-state index in [1.54, 1.807) is 6.20 Å². The summed E-state index contributed by atoms with van der Waals surface area (Å²) in [5, 5.41) is 2.96. The molecule has 0 saturated heterocycles. The summed E-state index contributed by atoms with van der Waals surface area (Å²) in [4.78, 5) is 16.0. The van der Waals surface area contributed by atoms with Gasteiger partial charge in [-0.05, 0) is 44.4 Å². The molecule has 0 bridgehead atoms. The Labute approximate surface area is 109 Å². The fourth-order valence-corrected chi connectivity index (χ4v) is 1.83. The van der Waals surface area contributed by atoms with E-state index in [-0.39, 0.29) is 11.9 Å². The number of nitrogens with one attached hydrogen (secondary N) is 1. The van der Waals surface area contributed by atoms with Gasteiger partial charge in [0.2, 0.25) is 5.91 Å². The summed E-state index contributed by atoms with van der Waals surface area (Å²) in [6, 6.07) is 5.67. The average Bonchev–Trinajstić information content (AvgIpc) is 2.38. The van der Waals surface area contributed by atoms with Gasteiger partial charge >= 0.3 is 0 Å². The maximum atomic E-state index is 11.8. The Hall–Kier alpha value is -1.42. The summed E-state index contributed by atoms with van der Waals surface area (Å²) >= 11 is 0. The number of carbonyl (C=O) groups excluding carboxylic acids is 1. The number of hydrogen-bond acceptors (Lipinski definition) is 3. The van der Waals surface area contributed by atoms with Crippen molar-refractivity contribution in [2.75, 3.05) is 6.54 Å². The molecule has 0 aliphatic rings. The van der Waals surface area contributed by atoms with Gasteiger partial charge in [-0.2, -0.15) is 0 Å². The van der Waals surface area contributed by atoms with Gasteiger partial charge in [0.25, 0.3) is 0 Å². The molecule has 1 unspecified atom stereocenters. The van der Waals surface area contributed by atoms with Crippen molar-refractivity contribution in [2.45, 2.75) is 39.2 Å². The summed E-state index contributed by atoms with van der Waals surface area (Å²) in [7, 11) is 0. The van der Waals surface area contributed by atoms with Crippen molar-refractivity contribution in [3.8, 4) is 0 Å². The normalized spacial score (nSPS) is 13.9. The lowest BCUT2D eigenvalue weighted by atomic mass is 10.0. The van der Waals surface area contributed by atoms with Gasteiger partial charge in [0.05, 0.1) is 11.7 Å². The Morgan fingerprint density at radius 2 is 2.17 bits per heavy atom. The van der Waals surface area contributed by atoms with Crippen molar-refractivity contribution < 1.29 is 4.79 Å². The Kier molecular flexibility index (Phi) is 6.36. The van der Waals surface area contributed by atoms with Crippen LogP contribution in [0.3, 0.4) is 0 Å². The monoisotopic (exact) mass is 249 g/mol. The van der Waals surface area contributed by atoms with Crippen molar-refractivity contribution in [1.29, 1.82) is 0 Å². The van der Waals surface area contributed by atoms with Crippen molar-refractivity contribution in [1.82, 2.24) is 10.3 Å². The van der Waals surface area contributed by atoms with Gasteiger partial charge in [0.15, 0.2) is 0 Å². The summed E-state index contributed by atoms with van der Waals surface area (Å²) in [6.07, 6.45) is 4.15. The number of amides is 1. The van der Waals surface area contributed by atoms with Gasteiger partial charge in [-0.3, -0.25) is 9.78 Å². The molecular formula is C14H23N3O. The minimum Gasteiger partial charge on any atom is -0.348 e. The van der Waals surface area contributed by atoms with Crippen molar-refractivity contribution >= 4 is 5.91 Å². The minimum atomic E-state index is -0.0384. The quantitative estimate of drug-likeness (QED) is 0.777. The second-order valence-corrected chi connectivity index (χ2v) is 4.77. The van der Waals surface area contributed by atoms with Gasteiger partial charge in [0, 0.05) is 12.6 Å². The molecule has 100 valence electrons. The van der Waals surface area contributed by atoms with Crippen LogP contribution in [0.5, 0.6) is 0 Å². The highest BCUT2D eigenvalue weighted by atomic mass is 16.1. The molecule has 0 radical (unpaired) electrons. The molecule has 1 heterocycles. The summed E-state index contributed by atoms with van der Waals surface area (Å²) in [5.74, 6) is 0.586. The van der Waals surface area contributed by atoms with Gasteiger partial charge in [-0.1, -0.05) is 13.0 Å². The van der Waals surface area contributed by atoms with E-state index in [9.17, 15) is 4.79 Å². The Balaban J connectivity index is 2.32. The van der Waals surface area contributed by atoms with E-state index < -0.39 is 0 Å². The third-order valence-corrected chi connectivity index (χ3v) is 3.03. The van der Waals surface area contributed by atoms with Crippen molar-refractivity contribution in [2.24, 2.45) is 11.7 Å². The van der Waals surface area contributed by atoms with Crippen LogP contribution in [-0.4, -0.2) is 17.4 Å². The first-order valence-corrected chi connectivity index (χ1v) is 6.53. The highest BCUT2D eigenvalue weighted by Crippen LogP contribution is 2.11. The molecule has 1 rings (SSSR count). The predicted molar refractivity (Wildman–Crippen MR) is 72.9 cm³/mol. The third-order valence-electron chi connectivity index (χ3n) is 3.03. The lowest BCUT2D eigenvalue weighted by Crippen LogP contribution is -2.27. The van der Waals surface area contributed by atoms with Crippen LogP contribution in [0.4, 0.5) is 0 Å². The van der Waals surface area contributed by atoms with E-state index in [0.717, 1.165) is 18.5 Å². The number of aromatic nitrogens is 1. The molecule has 0 spiro atoms. The van der Waals surface area contributed by atoms with Crippen LogP contribution < -0.4 is 11.1 Å². The van der Waals surface area contributed by atoms with Crippen LogP contribution in [0.25, 0.3) is 0 Å². The summed E-state index contributed by atoms with van der Waals surface area (Å²) in [5.41, 5.74) is 6.37. The molecule has 0 aliphatic heterocycles. The Bertz CT molecular complexity index is 353. The van der Waals surface area contributed by atoms with E-state index in [0.29, 0.717) is 18.9 Å². The molecule has 4 heteroatoms. The molecule has 1 aromatic rings. The van der Waals surface area contributed by atoms with E-state index in [2.05, 4.69) is 17.2 Å². The lowest BCUT2D eigenvalue weighted by Gasteiger charge is -2.14. The molecule has 1 aromatic heterocycles. The average molecular weight is 249 g/mol. The van der Waals surface area contributed by atoms with Crippen molar-refractivity contribution in [3.05, 3.63) is 30.1 Å². The van der Waals surface area contributed by atoms with Gasteiger partial charge in [-0.15, -0.1) is 0 Å². The second-order valence-electron chi connectivity index (χ2n) is 4.77. The molecule has 4 nitrogen and oxygen atoms in total. The summed E-state index contributed by atoms with van der Waals surface area (Å²) in [6.45, 7) is 4.76. The van der Waals surface area contributed by atoms with Crippen LogP contribution in [0, 0.1) is 5.92 Å². The maximum absolute atomic E-state index is 11.8. The van der Waals surface area contributed by atoms with Gasteiger partial charge in [-0.25, -0.2) is 0 Å². The molecule has 18 heavy (non-hydrogen) atoms. The largest absolute Gasteiger partial charge is 0.348 e. The molecule has 2 atom stereocenters. The lowest BCUT2D eigenvalue weighted by molar-refractivity contribution is -0.122. The SMILES string of the molecule is CC(CCN)CCC(=O)N[C@@H](C)c1ccccn1. The predicted octanol–water partition coefficient (Wildman–Crippen LogP) is 2.02. The summed E-state index contributed by atoms with van der Waals surface area (Å²) < 4.78 is 0. The van der Waals surface area contributed by atoms with E-state index in [1.807, 2.05) is 25.1 Å². The number of pyridine rings is 1. The zero-order valence-corrected chi connectivity index (χ0v) is 11.2. The van der Waals surface area contributed by atoms with E-state index in [1.165, 1.54) is 0 Å². The molecule has 0 saturated carbocycles. The number of nitrogens with zero attached hydrogens (tertiary/aromatic N) is 1. The molecule has 0 aliphatic carbocycles. The Morgan fingerprint density at radius 1 is 1.39 bits per heavy atom. The topological polar surface area (TPSA) is 68.0 Å². The highest BCUT2D eigenvalue weighted by Gasteiger charge is 2.11. The van der Waals surface area contributed by atoms with Crippen LogP contribution in [0.1, 0.15) is 44.8 Å². The maximum Gasteiger partial charge on any atom is 0.220 e. The fraction of sp³-hybridized carbons (Fsp3) is 0.571.